The molecule has 0 radical (unpaired) electrons. The van der Waals surface area contributed by atoms with Gasteiger partial charge in [0.05, 0.1) is 0 Å². The first kappa shape index (κ1) is 11.1. The molecule has 0 saturated carbocycles. The third kappa shape index (κ3) is 2.40. The first-order valence-electron chi connectivity index (χ1n) is 4.95. The van der Waals surface area contributed by atoms with E-state index in [1.807, 2.05) is 7.05 Å². The second-order valence-corrected chi connectivity index (χ2v) is 4.83. The fraction of sp³-hybridized carbons (Fsp3) is 0.400. The van der Waals surface area contributed by atoms with E-state index in [1.165, 1.54) is 9.75 Å². The quantitative estimate of drug-likeness (QED) is 0.869. The van der Waals surface area contributed by atoms with E-state index in [9.17, 15) is 0 Å². The van der Waals surface area contributed by atoms with Crippen molar-refractivity contribution in [3.05, 3.63) is 27.7 Å². The lowest BCUT2D eigenvalue weighted by Crippen LogP contribution is -1.98. The normalized spacial score (nSPS) is 10.7. The summed E-state index contributed by atoms with van der Waals surface area (Å²) in [6.07, 6.45) is 1.61. The van der Waals surface area contributed by atoms with Crippen LogP contribution in [0.3, 0.4) is 0 Å². The number of rotatable bonds is 4. The minimum atomic E-state index is 0.405. The number of nitrogens with two attached hydrogens (primary N) is 1. The van der Waals surface area contributed by atoms with Crippen LogP contribution in [0.25, 0.3) is 0 Å². The van der Waals surface area contributed by atoms with Gasteiger partial charge in [-0.1, -0.05) is 0 Å². The van der Waals surface area contributed by atoms with E-state index >= 15 is 0 Å². The van der Waals surface area contributed by atoms with Crippen molar-refractivity contribution in [2.75, 3.05) is 0 Å². The Bertz CT molecular complexity index is 477. The smallest absolute Gasteiger partial charge is 0.335 e. The van der Waals surface area contributed by atoms with Crippen LogP contribution in [0.5, 0.6) is 6.01 Å². The summed E-state index contributed by atoms with van der Waals surface area (Å²) >= 11 is 1.70. The Balaban J connectivity index is 2.01. The number of nitrogens with zero attached hydrogens (tertiary/aromatic N) is 3. The SMILES string of the molecule is Cc1sc(CN)cc1COc1ncn(C)n1. The zero-order chi connectivity index (χ0) is 11.5. The van der Waals surface area contributed by atoms with Gasteiger partial charge in [-0.05, 0) is 13.0 Å². The van der Waals surface area contributed by atoms with Gasteiger partial charge >= 0.3 is 6.01 Å². The molecule has 0 fully saturated rings. The Hall–Kier alpha value is -1.40. The lowest BCUT2D eigenvalue weighted by atomic mass is 10.2. The molecule has 0 saturated heterocycles. The van der Waals surface area contributed by atoms with E-state index in [4.69, 9.17) is 10.5 Å². The van der Waals surface area contributed by atoms with Crippen LogP contribution in [-0.2, 0) is 20.2 Å². The molecule has 6 heteroatoms. The van der Waals surface area contributed by atoms with Crippen molar-refractivity contribution >= 4 is 11.3 Å². The van der Waals surface area contributed by atoms with Gasteiger partial charge in [-0.15, -0.1) is 16.4 Å². The van der Waals surface area contributed by atoms with Crippen molar-refractivity contribution in [2.24, 2.45) is 12.8 Å². The summed E-state index contributed by atoms with van der Waals surface area (Å²) in [5.41, 5.74) is 6.74. The second-order valence-electron chi connectivity index (χ2n) is 3.49. The van der Waals surface area contributed by atoms with Crippen LogP contribution in [-0.4, -0.2) is 14.8 Å². The highest BCUT2D eigenvalue weighted by molar-refractivity contribution is 7.12. The van der Waals surface area contributed by atoms with Crippen LogP contribution in [0.1, 0.15) is 15.3 Å². The second kappa shape index (κ2) is 4.63. The Morgan fingerprint density at radius 3 is 2.94 bits per heavy atom. The highest BCUT2D eigenvalue weighted by Gasteiger charge is 2.06. The molecule has 2 rings (SSSR count). The van der Waals surface area contributed by atoms with Gasteiger partial charge in [0.25, 0.3) is 0 Å². The van der Waals surface area contributed by atoms with Crippen molar-refractivity contribution < 1.29 is 4.74 Å². The molecule has 0 aromatic carbocycles. The molecule has 2 heterocycles. The molecule has 0 amide bonds. The molecule has 0 aliphatic carbocycles. The van der Waals surface area contributed by atoms with Gasteiger partial charge in [-0.25, -0.2) is 0 Å². The van der Waals surface area contributed by atoms with Gasteiger partial charge in [0.15, 0.2) is 0 Å². The molecular formula is C10H14N4OS. The maximum Gasteiger partial charge on any atom is 0.335 e. The fourth-order valence-corrected chi connectivity index (χ4v) is 2.29. The van der Waals surface area contributed by atoms with Crippen LogP contribution >= 0.6 is 11.3 Å². The topological polar surface area (TPSA) is 66.0 Å². The summed E-state index contributed by atoms with van der Waals surface area (Å²) in [6, 6.07) is 2.48. The van der Waals surface area contributed by atoms with Crippen LogP contribution in [0.2, 0.25) is 0 Å². The third-order valence-corrected chi connectivity index (χ3v) is 3.32. The van der Waals surface area contributed by atoms with Crippen LogP contribution in [0.15, 0.2) is 12.4 Å². The van der Waals surface area contributed by atoms with E-state index in [2.05, 4.69) is 23.1 Å². The van der Waals surface area contributed by atoms with Gasteiger partial charge in [-0.3, -0.25) is 4.68 Å². The van der Waals surface area contributed by atoms with Gasteiger partial charge in [0.1, 0.15) is 12.9 Å². The first-order chi connectivity index (χ1) is 7.69. The molecule has 2 aromatic heterocycles. The van der Waals surface area contributed by atoms with Crippen LogP contribution < -0.4 is 10.5 Å². The Labute approximate surface area is 97.9 Å². The van der Waals surface area contributed by atoms with E-state index in [1.54, 1.807) is 22.3 Å². The number of aryl methyl sites for hydroxylation is 2. The minimum Gasteiger partial charge on any atom is -0.457 e. The molecule has 0 bridgehead atoms. The summed E-state index contributed by atoms with van der Waals surface area (Å²) < 4.78 is 7.09. The molecule has 2 N–H and O–H groups in total. The van der Waals surface area contributed by atoms with E-state index in [-0.39, 0.29) is 0 Å². The molecule has 0 aliphatic rings. The fourth-order valence-electron chi connectivity index (χ4n) is 1.36. The van der Waals surface area contributed by atoms with Crippen molar-refractivity contribution in [3.63, 3.8) is 0 Å². The molecule has 16 heavy (non-hydrogen) atoms. The first-order valence-corrected chi connectivity index (χ1v) is 5.77. The summed E-state index contributed by atoms with van der Waals surface area (Å²) in [7, 11) is 1.81. The molecule has 0 aliphatic heterocycles. The Morgan fingerprint density at radius 1 is 1.56 bits per heavy atom. The molecule has 0 spiro atoms. The number of hydrogen-bond donors (Lipinski definition) is 1. The van der Waals surface area contributed by atoms with Gasteiger partial charge in [0, 0.05) is 28.9 Å². The average Bonchev–Trinajstić information content (AvgIpc) is 2.82. The molecule has 0 unspecified atom stereocenters. The van der Waals surface area contributed by atoms with Gasteiger partial charge in [-0.2, -0.15) is 4.98 Å². The summed E-state index contributed by atoms with van der Waals surface area (Å²) in [5.74, 6) is 0. The monoisotopic (exact) mass is 238 g/mol. The number of ether oxygens (including phenoxy) is 1. The van der Waals surface area contributed by atoms with Crippen molar-refractivity contribution in [1.82, 2.24) is 14.8 Å². The molecule has 5 nitrogen and oxygen atoms in total. The predicted octanol–water partition coefficient (Wildman–Crippen LogP) is 1.22. The summed E-state index contributed by atoms with van der Waals surface area (Å²) in [5, 5.41) is 4.04. The number of hydrogen-bond acceptors (Lipinski definition) is 5. The van der Waals surface area contributed by atoms with Gasteiger partial charge in [0.2, 0.25) is 0 Å². The molecule has 0 atom stereocenters. The third-order valence-electron chi connectivity index (χ3n) is 2.21. The largest absolute Gasteiger partial charge is 0.457 e. The highest BCUT2D eigenvalue weighted by Crippen LogP contribution is 2.22. The number of aromatic nitrogens is 3. The summed E-state index contributed by atoms with van der Waals surface area (Å²) in [6.45, 7) is 3.13. The maximum absolute atomic E-state index is 5.58. The van der Waals surface area contributed by atoms with E-state index in [0.717, 1.165) is 5.56 Å². The van der Waals surface area contributed by atoms with Crippen LogP contribution in [0.4, 0.5) is 0 Å². The zero-order valence-electron chi connectivity index (χ0n) is 9.30. The molecule has 86 valence electrons. The van der Waals surface area contributed by atoms with E-state index in [0.29, 0.717) is 19.2 Å². The Morgan fingerprint density at radius 2 is 2.38 bits per heavy atom. The highest BCUT2D eigenvalue weighted by atomic mass is 32.1. The predicted molar refractivity (Wildman–Crippen MR) is 62.3 cm³/mol. The lowest BCUT2D eigenvalue weighted by molar-refractivity contribution is 0.280. The van der Waals surface area contributed by atoms with Crippen molar-refractivity contribution in [1.29, 1.82) is 0 Å². The molecular weight excluding hydrogens is 224 g/mol. The van der Waals surface area contributed by atoms with Crippen LogP contribution in [0, 0.1) is 6.92 Å². The van der Waals surface area contributed by atoms with E-state index < -0.39 is 0 Å². The average molecular weight is 238 g/mol. The standard InChI is InChI=1S/C10H14N4OS/c1-7-8(3-9(4-11)16-7)5-15-10-12-6-14(2)13-10/h3,6H,4-5,11H2,1-2H3. The lowest BCUT2D eigenvalue weighted by Gasteiger charge is -1.99. The number of thiophene rings is 1. The maximum atomic E-state index is 5.58. The minimum absolute atomic E-state index is 0.405. The van der Waals surface area contributed by atoms with Crippen molar-refractivity contribution in [3.8, 4) is 6.01 Å². The summed E-state index contributed by atoms with van der Waals surface area (Å²) in [4.78, 5) is 6.40. The van der Waals surface area contributed by atoms with Gasteiger partial charge < -0.3 is 10.5 Å². The zero-order valence-corrected chi connectivity index (χ0v) is 10.1. The molecule has 2 aromatic rings. The van der Waals surface area contributed by atoms with Crippen molar-refractivity contribution in [2.45, 2.75) is 20.1 Å². The Kier molecular flexibility index (Phi) is 3.21.